The summed E-state index contributed by atoms with van der Waals surface area (Å²) in [5.74, 6) is 0. The third-order valence-electron chi connectivity index (χ3n) is 0.825. The first kappa shape index (κ1) is 10.0. The Morgan fingerprint density at radius 1 is 1.60 bits per heavy atom. The van der Waals surface area contributed by atoms with Gasteiger partial charge in [-0.3, -0.25) is 4.46 Å². The predicted molar refractivity (Wildman–Crippen MR) is 42.7 cm³/mol. The van der Waals surface area contributed by atoms with Crippen LogP contribution in [-0.2, 0) is 12.7 Å². The molecule has 0 aliphatic heterocycles. The molecule has 0 bridgehead atoms. The standard InChI is InChI=1S/C3H12O4Si3/c1-8-6-10(2,3)7-9(4)5/h4H,8H2,1-3H3. The van der Waals surface area contributed by atoms with Crippen LogP contribution in [0.2, 0.25) is 19.6 Å². The number of hydrogen-bond acceptors (Lipinski definition) is 3. The molecular formula is C3H12O4Si3. The third-order valence-corrected chi connectivity index (χ3v) is 7.43. The molecule has 0 rings (SSSR count). The van der Waals surface area contributed by atoms with Crippen molar-refractivity contribution < 1.29 is 17.5 Å². The van der Waals surface area contributed by atoms with Gasteiger partial charge in [0.25, 0.3) is 0 Å². The van der Waals surface area contributed by atoms with E-state index in [0.717, 1.165) is 0 Å². The second-order valence-corrected chi connectivity index (χ2v) is 8.08. The molecule has 1 N–H and O–H groups in total. The van der Waals surface area contributed by atoms with Crippen LogP contribution in [0.15, 0.2) is 0 Å². The second kappa shape index (κ2) is 4.01. The molecule has 0 unspecified atom stereocenters. The Kier molecular flexibility index (Phi) is 4.01. The molecular weight excluding hydrogens is 184 g/mol. The van der Waals surface area contributed by atoms with Gasteiger partial charge in [0.05, 0.1) is 0 Å². The Labute approximate surface area is 65.3 Å². The quantitative estimate of drug-likeness (QED) is 0.602. The summed E-state index contributed by atoms with van der Waals surface area (Å²) in [6.45, 7) is 5.50. The van der Waals surface area contributed by atoms with Gasteiger partial charge < -0.3 is 13.0 Å². The zero-order chi connectivity index (χ0) is 8.20. The maximum absolute atomic E-state index is 10.2. The first-order valence-corrected chi connectivity index (χ1v) is 9.11. The van der Waals surface area contributed by atoms with Crippen LogP contribution in [-0.4, -0.2) is 32.3 Å². The Balaban J connectivity index is 3.74. The molecule has 0 aliphatic rings. The number of rotatable bonds is 4. The van der Waals surface area contributed by atoms with Gasteiger partial charge in [-0.15, -0.1) is 0 Å². The highest BCUT2D eigenvalue weighted by Crippen LogP contribution is 2.03. The van der Waals surface area contributed by atoms with E-state index >= 15 is 0 Å². The molecule has 4 nitrogen and oxygen atoms in total. The van der Waals surface area contributed by atoms with E-state index in [2.05, 4.69) is 0 Å². The minimum atomic E-state index is -2.80. The zero-order valence-corrected chi connectivity index (χ0v) is 9.79. The number of hydrogen-bond donors (Lipinski definition) is 1. The third kappa shape index (κ3) is 4.85. The lowest BCUT2D eigenvalue weighted by atomic mass is 11.9. The van der Waals surface area contributed by atoms with Gasteiger partial charge in [0.15, 0.2) is 0 Å². The van der Waals surface area contributed by atoms with Gasteiger partial charge in [0, 0.05) is 0 Å². The van der Waals surface area contributed by atoms with Gasteiger partial charge in [0.1, 0.15) is 9.76 Å². The van der Waals surface area contributed by atoms with Crippen molar-refractivity contribution in [2.45, 2.75) is 19.6 Å². The average Bonchev–Trinajstić information content (AvgIpc) is 1.59. The molecule has 0 aliphatic carbocycles. The van der Waals surface area contributed by atoms with Gasteiger partial charge in [-0.2, -0.15) is 0 Å². The molecule has 0 atom stereocenters. The van der Waals surface area contributed by atoms with Crippen LogP contribution in [0.4, 0.5) is 0 Å². The summed E-state index contributed by atoms with van der Waals surface area (Å²) in [5, 5.41) is 0. The molecule has 10 heavy (non-hydrogen) atoms. The van der Waals surface area contributed by atoms with Crippen molar-refractivity contribution in [1.29, 1.82) is 0 Å². The van der Waals surface area contributed by atoms with Crippen LogP contribution in [0.1, 0.15) is 0 Å². The van der Waals surface area contributed by atoms with Gasteiger partial charge in [0.2, 0.25) is 0 Å². The fourth-order valence-corrected chi connectivity index (χ4v) is 5.82. The summed E-state index contributed by atoms with van der Waals surface area (Å²) in [6, 6.07) is 0. The Morgan fingerprint density at radius 3 is 2.40 bits per heavy atom. The molecule has 0 radical (unpaired) electrons. The van der Waals surface area contributed by atoms with Crippen molar-refractivity contribution in [2.75, 3.05) is 0 Å². The summed E-state index contributed by atoms with van der Waals surface area (Å²) in [6.07, 6.45) is 0. The van der Waals surface area contributed by atoms with Crippen molar-refractivity contribution in [3.63, 3.8) is 0 Å². The smallest absolute Gasteiger partial charge is 0.531 e. The fourth-order valence-electron chi connectivity index (χ4n) is 0.587. The van der Waals surface area contributed by atoms with Gasteiger partial charge >= 0.3 is 17.7 Å². The van der Waals surface area contributed by atoms with Crippen molar-refractivity contribution >= 4 is 27.5 Å². The van der Waals surface area contributed by atoms with Crippen molar-refractivity contribution in [2.24, 2.45) is 0 Å². The van der Waals surface area contributed by atoms with Crippen LogP contribution in [0.5, 0.6) is 0 Å². The maximum Gasteiger partial charge on any atom is 0.750 e. The molecule has 0 amide bonds. The first-order chi connectivity index (χ1) is 4.48. The topological polar surface area (TPSA) is 55.8 Å². The van der Waals surface area contributed by atoms with E-state index in [9.17, 15) is 4.46 Å². The fraction of sp³-hybridized carbons (Fsp3) is 1.00. The van der Waals surface area contributed by atoms with Gasteiger partial charge in [-0.25, -0.2) is 0 Å². The summed E-state index contributed by atoms with van der Waals surface area (Å²) < 4.78 is 20.2. The summed E-state index contributed by atoms with van der Waals surface area (Å²) in [7, 11) is -5.56. The van der Waals surface area contributed by atoms with E-state index in [0.29, 0.717) is 0 Å². The Bertz CT molecular complexity index is 125. The lowest BCUT2D eigenvalue weighted by Gasteiger charge is -2.20. The van der Waals surface area contributed by atoms with E-state index in [1.165, 1.54) is 0 Å². The monoisotopic (exact) mass is 196 g/mol. The normalized spacial score (nSPS) is 12.3. The zero-order valence-electron chi connectivity index (χ0n) is 6.38. The SMILES string of the molecule is C[SiH2]O[Si](C)(C)O[Si](=O)O. The molecule has 0 spiro atoms. The van der Waals surface area contributed by atoms with E-state index in [4.69, 9.17) is 13.0 Å². The lowest BCUT2D eigenvalue weighted by molar-refractivity contribution is 0.302. The minimum absolute atomic E-state index is 0.530. The molecule has 0 saturated heterocycles. The van der Waals surface area contributed by atoms with Gasteiger partial charge in [-0.05, 0) is 13.1 Å². The molecule has 0 saturated carbocycles. The molecule has 0 aromatic carbocycles. The molecule has 0 heterocycles. The van der Waals surface area contributed by atoms with Crippen LogP contribution >= 0.6 is 0 Å². The molecule has 60 valence electrons. The highest BCUT2D eigenvalue weighted by atomic mass is 28.4. The Morgan fingerprint density at radius 2 is 2.10 bits per heavy atom. The lowest BCUT2D eigenvalue weighted by Crippen LogP contribution is -2.38. The van der Waals surface area contributed by atoms with Crippen LogP contribution < -0.4 is 0 Å². The predicted octanol–water partition coefficient (Wildman–Crippen LogP) is -0.739. The first-order valence-electron chi connectivity index (χ1n) is 3.04. The van der Waals surface area contributed by atoms with E-state index in [1.807, 2.05) is 6.55 Å². The van der Waals surface area contributed by atoms with Gasteiger partial charge in [-0.1, -0.05) is 6.55 Å². The summed E-state index contributed by atoms with van der Waals surface area (Å²) in [4.78, 5) is 8.41. The summed E-state index contributed by atoms with van der Waals surface area (Å²) >= 11 is 0. The van der Waals surface area contributed by atoms with Crippen LogP contribution in [0.3, 0.4) is 0 Å². The second-order valence-electron chi connectivity index (χ2n) is 2.20. The largest absolute Gasteiger partial charge is 0.750 e. The van der Waals surface area contributed by atoms with E-state index in [-0.39, 0.29) is 0 Å². The van der Waals surface area contributed by atoms with Crippen LogP contribution in [0, 0.1) is 0 Å². The van der Waals surface area contributed by atoms with Crippen molar-refractivity contribution in [3.05, 3.63) is 0 Å². The van der Waals surface area contributed by atoms with E-state index < -0.39 is 27.5 Å². The molecule has 7 heteroatoms. The highest BCUT2D eigenvalue weighted by Gasteiger charge is 2.28. The highest BCUT2D eigenvalue weighted by molar-refractivity contribution is 6.72. The average molecular weight is 196 g/mol. The van der Waals surface area contributed by atoms with E-state index in [1.54, 1.807) is 13.1 Å². The van der Waals surface area contributed by atoms with Crippen LogP contribution in [0.25, 0.3) is 0 Å². The maximum atomic E-state index is 10.2. The Hall–Kier alpha value is 0.0106. The van der Waals surface area contributed by atoms with Crippen molar-refractivity contribution in [1.82, 2.24) is 0 Å². The van der Waals surface area contributed by atoms with Crippen molar-refractivity contribution in [3.8, 4) is 0 Å². The molecule has 0 aromatic rings. The minimum Gasteiger partial charge on any atom is -0.531 e. The summed E-state index contributed by atoms with van der Waals surface area (Å²) in [5.41, 5.74) is 0. The molecule has 0 fully saturated rings. The molecule has 0 aromatic heterocycles.